The molecule has 0 fully saturated rings. The number of nitrogens with one attached hydrogen (secondary N) is 2. The number of nitrogens with zero attached hydrogens (tertiary/aromatic N) is 2. The molecule has 130 valence electrons. The minimum atomic E-state index is -4.67. The van der Waals surface area contributed by atoms with Gasteiger partial charge in [-0.2, -0.15) is 18.3 Å². The molecule has 0 aromatic carbocycles. The summed E-state index contributed by atoms with van der Waals surface area (Å²) in [7, 11) is 0. The van der Waals surface area contributed by atoms with Crippen molar-refractivity contribution < 1.29 is 22.4 Å². The largest absolute Gasteiger partial charge is 0.460 e. The minimum absolute atomic E-state index is 0.166. The van der Waals surface area contributed by atoms with Gasteiger partial charge in [0.1, 0.15) is 11.5 Å². The number of carbonyl (C=O) groups is 1. The molecule has 2 N–H and O–H groups in total. The predicted molar refractivity (Wildman–Crippen MR) is 81.5 cm³/mol. The number of rotatable bonds is 4. The normalized spacial score (nSPS) is 12.8. The van der Waals surface area contributed by atoms with Crippen molar-refractivity contribution in [2.75, 3.05) is 0 Å². The van der Waals surface area contributed by atoms with Crippen molar-refractivity contribution in [3.05, 3.63) is 59.7 Å². The zero-order valence-corrected chi connectivity index (χ0v) is 13.0. The summed E-state index contributed by atoms with van der Waals surface area (Å²) in [5, 5.41) is 8.26. The number of aromatic amines is 1. The zero-order valence-electron chi connectivity index (χ0n) is 13.0. The quantitative estimate of drug-likeness (QED) is 0.755. The van der Waals surface area contributed by atoms with E-state index in [1.807, 2.05) is 5.32 Å². The molecule has 0 aliphatic rings. The van der Waals surface area contributed by atoms with E-state index in [0.29, 0.717) is 17.2 Å². The van der Waals surface area contributed by atoms with Gasteiger partial charge in [-0.05, 0) is 25.1 Å². The van der Waals surface area contributed by atoms with Crippen LogP contribution in [-0.2, 0) is 0 Å². The summed E-state index contributed by atoms with van der Waals surface area (Å²) in [6, 6.07) is 5.14. The van der Waals surface area contributed by atoms with Crippen LogP contribution in [0.25, 0.3) is 11.5 Å². The lowest BCUT2D eigenvalue weighted by Gasteiger charge is -2.21. The molecule has 25 heavy (non-hydrogen) atoms. The Morgan fingerprint density at radius 2 is 2.12 bits per heavy atom. The average Bonchev–Trinajstić information content (AvgIpc) is 3.21. The first kappa shape index (κ1) is 16.7. The summed E-state index contributed by atoms with van der Waals surface area (Å²) in [5.41, 5.74) is 0.0474. The van der Waals surface area contributed by atoms with Crippen LogP contribution in [0.2, 0.25) is 0 Å². The Kier molecular flexibility index (Phi) is 4.30. The Bertz CT molecular complexity index is 871. The summed E-state index contributed by atoms with van der Waals surface area (Å²) >= 11 is 0. The van der Waals surface area contributed by atoms with Crippen LogP contribution >= 0.6 is 0 Å². The summed E-state index contributed by atoms with van der Waals surface area (Å²) in [5.74, 6) is 0.130. The fourth-order valence-electron chi connectivity index (χ4n) is 2.25. The number of carbonyl (C=O) groups excluding carboxylic acids is 1. The molecule has 0 aliphatic carbocycles. The smallest absolute Gasteiger partial charge is 0.412 e. The lowest BCUT2D eigenvalue weighted by Crippen LogP contribution is -2.38. The molecule has 3 aromatic heterocycles. The highest BCUT2D eigenvalue weighted by molar-refractivity contribution is 5.93. The summed E-state index contributed by atoms with van der Waals surface area (Å²) < 4.78 is 45.2. The summed E-state index contributed by atoms with van der Waals surface area (Å²) in [4.78, 5) is 15.8. The van der Waals surface area contributed by atoms with Gasteiger partial charge in [-0.3, -0.25) is 14.9 Å². The van der Waals surface area contributed by atoms with Crippen molar-refractivity contribution in [2.45, 2.75) is 19.1 Å². The van der Waals surface area contributed by atoms with Crippen LogP contribution in [0.15, 0.2) is 47.1 Å². The van der Waals surface area contributed by atoms with Gasteiger partial charge in [0.15, 0.2) is 17.5 Å². The van der Waals surface area contributed by atoms with Crippen LogP contribution in [0.1, 0.15) is 27.9 Å². The number of aryl methyl sites for hydroxylation is 1. The molecule has 0 spiro atoms. The monoisotopic (exact) mass is 350 g/mol. The highest BCUT2D eigenvalue weighted by Gasteiger charge is 2.42. The maximum atomic E-state index is 13.3. The summed E-state index contributed by atoms with van der Waals surface area (Å²) in [6.45, 7) is 1.75. The molecular formula is C16H13F3N4O2. The zero-order chi connectivity index (χ0) is 18.0. The SMILES string of the molecule is Cc1ccc(-c2cc(C(=O)N[C@H](c3cccnc3)C(F)(F)F)n[nH]2)o1. The molecule has 1 amide bonds. The molecule has 1 atom stereocenters. The second-order valence-electron chi connectivity index (χ2n) is 5.31. The number of alkyl halides is 3. The van der Waals surface area contributed by atoms with Gasteiger partial charge in [-0.25, -0.2) is 0 Å². The molecule has 9 heteroatoms. The first-order valence-electron chi connectivity index (χ1n) is 7.24. The number of aromatic nitrogens is 3. The van der Waals surface area contributed by atoms with Gasteiger partial charge in [0.2, 0.25) is 0 Å². The number of H-pyrrole nitrogens is 1. The maximum Gasteiger partial charge on any atom is 0.412 e. The molecule has 0 bridgehead atoms. The molecule has 0 saturated heterocycles. The molecular weight excluding hydrogens is 337 g/mol. The van der Waals surface area contributed by atoms with Crippen molar-refractivity contribution >= 4 is 5.91 Å². The highest BCUT2D eigenvalue weighted by atomic mass is 19.4. The Balaban J connectivity index is 1.81. The number of amides is 1. The van der Waals surface area contributed by atoms with Gasteiger partial charge in [-0.1, -0.05) is 6.07 Å². The number of furan rings is 1. The number of hydrogen-bond donors (Lipinski definition) is 2. The van der Waals surface area contributed by atoms with Gasteiger partial charge < -0.3 is 9.73 Å². The van der Waals surface area contributed by atoms with E-state index in [9.17, 15) is 18.0 Å². The van der Waals surface area contributed by atoms with E-state index in [-0.39, 0.29) is 11.3 Å². The Morgan fingerprint density at radius 1 is 1.32 bits per heavy atom. The van der Waals surface area contributed by atoms with Crippen LogP contribution in [-0.4, -0.2) is 27.3 Å². The van der Waals surface area contributed by atoms with Gasteiger partial charge >= 0.3 is 6.18 Å². The predicted octanol–water partition coefficient (Wildman–Crippen LogP) is 3.41. The van der Waals surface area contributed by atoms with E-state index in [1.165, 1.54) is 24.4 Å². The molecule has 6 nitrogen and oxygen atoms in total. The molecule has 0 radical (unpaired) electrons. The Morgan fingerprint density at radius 3 is 2.72 bits per heavy atom. The van der Waals surface area contributed by atoms with E-state index < -0.39 is 18.1 Å². The van der Waals surface area contributed by atoms with Crippen molar-refractivity contribution in [3.63, 3.8) is 0 Å². The standard InChI is InChI=1S/C16H13F3N4O2/c1-9-4-5-13(25-9)11-7-12(23-22-11)15(24)21-14(16(17,18)19)10-3-2-6-20-8-10/h2-8,14H,1H3,(H,21,24)(H,22,23)/t14-/m1/s1. The van der Waals surface area contributed by atoms with Gasteiger partial charge in [0.25, 0.3) is 5.91 Å². The van der Waals surface area contributed by atoms with Crippen molar-refractivity contribution in [1.82, 2.24) is 20.5 Å². The van der Waals surface area contributed by atoms with E-state index in [1.54, 1.807) is 19.1 Å². The molecule has 0 aliphatic heterocycles. The van der Waals surface area contributed by atoms with Crippen molar-refractivity contribution in [3.8, 4) is 11.5 Å². The number of pyridine rings is 1. The van der Waals surface area contributed by atoms with Gasteiger partial charge in [0, 0.05) is 24.0 Å². The van der Waals surface area contributed by atoms with Crippen LogP contribution in [0.5, 0.6) is 0 Å². The van der Waals surface area contributed by atoms with Gasteiger partial charge in [-0.15, -0.1) is 0 Å². The fraction of sp³-hybridized carbons (Fsp3) is 0.188. The maximum absolute atomic E-state index is 13.3. The molecule has 3 aromatic rings. The molecule has 0 saturated carbocycles. The third-order valence-electron chi connectivity index (χ3n) is 3.44. The number of halogens is 3. The van der Waals surface area contributed by atoms with Crippen LogP contribution in [0.3, 0.4) is 0 Å². The van der Waals surface area contributed by atoms with Crippen LogP contribution < -0.4 is 5.32 Å². The van der Waals surface area contributed by atoms with E-state index in [2.05, 4.69) is 15.2 Å². The third-order valence-corrected chi connectivity index (χ3v) is 3.44. The second-order valence-corrected chi connectivity index (χ2v) is 5.31. The third kappa shape index (κ3) is 3.70. The lowest BCUT2D eigenvalue weighted by molar-refractivity contribution is -0.155. The summed E-state index contributed by atoms with van der Waals surface area (Å²) in [6.07, 6.45) is -2.26. The van der Waals surface area contributed by atoms with E-state index in [0.717, 1.165) is 6.20 Å². The first-order chi connectivity index (χ1) is 11.8. The average molecular weight is 350 g/mol. The minimum Gasteiger partial charge on any atom is -0.460 e. The Labute approximate surface area is 140 Å². The molecule has 3 heterocycles. The van der Waals surface area contributed by atoms with Gasteiger partial charge in [0.05, 0.1) is 0 Å². The van der Waals surface area contributed by atoms with E-state index >= 15 is 0 Å². The highest BCUT2D eigenvalue weighted by Crippen LogP contribution is 2.32. The second kappa shape index (κ2) is 6.42. The van der Waals surface area contributed by atoms with Crippen molar-refractivity contribution in [2.24, 2.45) is 0 Å². The topological polar surface area (TPSA) is 83.8 Å². The van der Waals surface area contributed by atoms with Crippen LogP contribution in [0, 0.1) is 6.92 Å². The lowest BCUT2D eigenvalue weighted by atomic mass is 10.1. The number of hydrogen-bond acceptors (Lipinski definition) is 4. The van der Waals surface area contributed by atoms with Crippen LogP contribution in [0.4, 0.5) is 13.2 Å². The molecule has 3 rings (SSSR count). The van der Waals surface area contributed by atoms with E-state index in [4.69, 9.17) is 4.42 Å². The fourth-order valence-corrected chi connectivity index (χ4v) is 2.25. The first-order valence-corrected chi connectivity index (χ1v) is 7.24. The van der Waals surface area contributed by atoms with Crippen molar-refractivity contribution in [1.29, 1.82) is 0 Å². The molecule has 0 unspecified atom stereocenters. The Hall–Kier alpha value is -3.10.